The van der Waals surface area contributed by atoms with Gasteiger partial charge in [-0.15, -0.1) is 0 Å². The third-order valence-corrected chi connectivity index (χ3v) is 4.57. The highest BCUT2D eigenvalue weighted by Crippen LogP contribution is 2.50. The van der Waals surface area contributed by atoms with Crippen molar-refractivity contribution >= 4 is 16.9 Å². The largest absolute Gasteiger partial charge is 0.357 e. The highest BCUT2D eigenvalue weighted by Gasteiger charge is 2.60. The molecule has 0 bridgehead atoms. The molecule has 0 radical (unpaired) electrons. The Morgan fingerprint density at radius 1 is 1.18 bits per heavy atom. The van der Waals surface area contributed by atoms with Gasteiger partial charge in [0.05, 0.1) is 0 Å². The molecule has 90 valence electrons. The molecule has 17 heavy (non-hydrogen) atoms. The van der Waals surface area contributed by atoms with Crippen LogP contribution in [0.1, 0.15) is 32.1 Å². The number of ether oxygens (including phenoxy) is 1. The van der Waals surface area contributed by atoms with E-state index in [-0.39, 0.29) is 16.8 Å². The lowest BCUT2D eigenvalue weighted by Crippen LogP contribution is -2.22. The lowest BCUT2D eigenvalue weighted by atomic mass is 9.87. The normalized spacial score (nSPS) is 25.8. The molecule has 1 heterocycles. The lowest BCUT2D eigenvalue weighted by Gasteiger charge is -2.17. The molecule has 0 N–H and O–H groups in total. The number of rotatable bonds is 2. The summed E-state index contributed by atoms with van der Waals surface area (Å²) in [5.41, 5.74) is -0.0723. The number of carbonyl (C=O) groups is 1. The second kappa shape index (κ2) is 4.46. The average molecular weight is 248 g/mol. The Kier molecular flexibility index (Phi) is 2.97. The van der Waals surface area contributed by atoms with E-state index >= 15 is 0 Å². The quantitative estimate of drug-likeness (QED) is 0.593. The zero-order valence-corrected chi connectivity index (χ0v) is 10.5. The van der Waals surface area contributed by atoms with Crippen LogP contribution in [0.15, 0.2) is 35.2 Å². The van der Waals surface area contributed by atoms with Gasteiger partial charge in [0.1, 0.15) is 5.60 Å². The predicted molar refractivity (Wildman–Crippen MR) is 68.0 cm³/mol. The number of carbonyl (C=O) groups excluding carboxylic acids is 1. The van der Waals surface area contributed by atoms with E-state index in [1.165, 1.54) is 31.0 Å². The molecule has 3 heteroatoms. The zero-order chi connectivity index (χ0) is 11.7. The summed E-state index contributed by atoms with van der Waals surface area (Å²) in [6.45, 7) is 0. The van der Waals surface area contributed by atoms with E-state index in [1.54, 1.807) is 0 Å². The van der Waals surface area contributed by atoms with Crippen LogP contribution in [-0.2, 0) is 9.53 Å². The maximum absolute atomic E-state index is 12.1. The number of thioether (sulfide) groups is 1. The molecule has 0 aromatic heterocycles. The van der Waals surface area contributed by atoms with Crippen molar-refractivity contribution in [3.8, 4) is 0 Å². The SMILES string of the molecule is O=C(Sc1ccccc1)[C@@H]1OC12CCCCC2. The second-order valence-corrected chi connectivity index (χ2v) is 5.94. The molecule has 3 rings (SSSR count). The predicted octanol–water partition coefficient (Wildman–Crippen LogP) is 3.41. The van der Waals surface area contributed by atoms with Gasteiger partial charge in [-0.2, -0.15) is 0 Å². The van der Waals surface area contributed by atoms with Crippen molar-refractivity contribution in [2.45, 2.75) is 48.7 Å². The van der Waals surface area contributed by atoms with E-state index in [1.807, 2.05) is 30.3 Å². The standard InChI is InChI=1S/C14H16O2S/c15-13(17-11-7-3-1-4-8-11)12-14(16-12)9-5-2-6-10-14/h1,3-4,7-8,12H,2,5-6,9-10H2/t12-/m0/s1. The third-order valence-electron chi connectivity index (χ3n) is 3.65. The van der Waals surface area contributed by atoms with Gasteiger partial charge < -0.3 is 4.74 Å². The Labute approximate surface area is 106 Å². The highest BCUT2D eigenvalue weighted by atomic mass is 32.2. The van der Waals surface area contributed by atoms with E-state index in [4.69, 9.17) is 4.74 Å². The molecular formula is C14H16O2S. The molecule has 1 saturated carbocycles. The van der Waals surface area contributed by atoms with E-state index in [0.717, 1.165) is 17.7 Å². The molecule has 1 saturated heterocycles. The Bertz CT molecular complexity index is 409. The minimum atomic E-state index is -0.145. The number of epoxide rings is 1. The van der Waals surface area contributed by atoms with Crippen LogP contribution in [0.2, 0.25) is 0 Å². The van der Waals surface area contributed by atoms with Crippen molar-refractivity contribution in [1.29, 1.82) is 0 Å². The number of hydrogen-bond acceptors (Lipinski definition) is 3. The molecule has 2 aliphatic rings. The van der Waals surface area contributed by atoms with Crippen molar-refractivity contribution in [3.63, 3.8) is 0 Å². The van der Waals surface area contributed by atoms with Gasteiger partial charge in [0, 0.05) is 4.90 Å². The molecular weight excluding hydrogens is 232 g/mol. The number of benzene rings is 1. The minimum Gasteiger partial charge on any atom is -0.357 e. The molecule has 1 aromatic rings. The van der Waals surface area contributed by atoms with Crippen LogP contribution in [0, 0.1) is 0 Å². The first-order valence-corrected chi connectivity index (χ1v) is 7.06. The van der Waals surface area contributed by atoms with E-state index in [9.17, 15) is 4.79 Å². The van der Waals surface area contributed by atoms with E-state index in [0.29, 0.717) is 0 Å². The van der Waals surface area contributed by atoms with Crippen molar-refractivity contribution in [2.24, 2.45) is 0 Å². The Hall–Kier alpha value is -0.800. The van der Waals surface area contributed by atoms with Crippen molar-refractivity contribution in [2.75, 3.05) is 0 Å². The van der Waals surface area contributed by atoms with Crippen LogP contribution in [0.25, 0.3) is 0 Å². The van der Waals surface area contributed by atoms with E-state index < -0.39 is 0 Å². The summed E-state index contributed by atoms with van der Waals surface area (Å²) in [5.74, 6) is 0. The fourth-order valence-electron chi connectivity index (χ4n) is 2.65. The van der Waals surface area contributed by atoms with Gasteiger partial charge in [-0.3, -0.25) is 4.79 Å². The molecule has 1 aliphatic carbocycles. The highest BCUT2D eigenvalue weighted by molar-refractivity contribution is 8.13. The molecule has 2 nitrogen and oxygen atoms in total. The van der Waals surface area contributed by atoms with Gasteiger partial charge in [-0.1, -0.05) is 37.5 Å². The Balaban J connectivity index is 1.61. The maximum atomic E-state index is 12.1. The maximum Gasteiger partial charge on any atom is 0.225 e. The van der Waals surface area contributed by atoms with Crippen molar-refractivity contribution < 1.29 is 9.53 Å². The number of hydrogen-bond donors (Lipinski definition) is 0. The van der Waals surface area contributed by atoms with Gasteiger partial charge in [0.25, 0.3) is 0 Å². The van der Waals surface area contributed by atoms with Crippen LogP contribution in [0.5, 0.6) is 0 Å². The summed E-state index contributed by atoms with van der Waals surface area (Å²) in [4.78, 5) is 13.1. The summed E-state index contributed by atoms with van der Waals surface area (Å²) in [6.07, 6.45) is 5.70. The molecule has 0 unspecified atom stereocenters. The molecule has 1 spiro atoms. The van der Waals surface area contributed by atoms with Gasteiger partial charge in [-0.05, 0) is 36.7 Å². The van der Waals surface area contributed by atoms with Gasteiger partial charge in [-0.25, -0.2) is 0 Å². The van der Waals surface area contributed by atoms with Gasteiger partial charge in [0.15, 0.2) is 6.10 Å². The molecule has 1 aliphatic heterocycles. The van der Waals surface area contributed by atoms with E-state index in [2.05, 4.69) is 0 Å². The summed E-state index contributed by atoms with van der Waals surface area (Å²) in [6, 6.07) is 9.82. The third kappa shape index (κ3) is 2.26. The topological polar surface area (TPSA) is 29.6 Å². The molecule has 2 fully saturated rings. The lowest BCUT2D eigenvalue weighted by molar-refractivity contribution is -0.112. The summed E-state index contributed by atoms with van der Waals surface area (Å²) >= 11 is 1.32. The Morgan fingerprint density at radius 3 is 2.59 bits per heavy atom. The van der Waals surface area contributed by atoms with Crippen LogP contribution in [-0.4, -0.2) is 16.8 Å². The summed E-state index contributed by atoms with van der Waals surface area (Å²) in [7, 11) is 0. The first-order valence-electron chi connectivity index (χ1n) is 6.25. The monoisotopic (exact) mass is 248 g/mol. The molecule has 1 atom stereocenters. The second-order valence-electron chi connectivity index (χ2n) is 4.86. The van der Waals surface area contributed by atoms with Crippen LogP contribution in [0.3, 0.4) is 0 Å². The zero-order valence-electron chi connectivity index (χ0n) is 9.72. The fourth-order valence-corrected chi connectivity index (χ4v) is 3.55. The van der Waals surface area contributed by atoms with Crippen LogP contribution < -0.4 is 0 Å². The molecule has 0 amide bonds. The summed E-state index contributed by atoms with van der Waals surface area (Å²) in [5, 5.41) is 0.179. The molecule has 1 aromatic carbocycles. The first-order chi connectivity index (χ1) is 8.30. The first kappa shape index (κ1) is 11.3. The van der Waals surface area contributed by atoms with Crippen LogP contribution >= 0.6 is 11.8 Å². The average Bonchev–Trinajstić information content (AvgIpc) is 3.05. The van der Waals surface area contributed by atoms with Gasteiger partial charge >= 0.3 is 0 Å². The smallest absolute Gasteiger partial charge is 0.225 e. The van der Waals surface area contributed by atoms with Gasteiger partial charge in [0.2, 0.25) is 5.12 Å². The van der Waals surface area contributed by atoms with Crippen molar-refractivity contribution in [3.05, 3.63) is 30.3 Å². The minimum absolute atomic E-state index is 0.0723. The van der Waals surface area contributed by atoms with Crippen LogP contribution in [0.4, 0.5) is 0 Å². The van der Waals surface area contributed by atoms with Crippen molar-refractivity contribution in [1.82, 2.24) is 0 Å². The Morgan fingerprint density at radius 2 is 1.88 bits per heavy atom. The summed E-state index contributed by atoms with van der Waals surface area (Å²) < 4.78 is 5.71. The fraction of sp³-hybridized carbons (Fsp3) is 0.500.